The molecule has 1 unspecified atom stereocenters. The molecule has 3 aromatic rings. The highest BCUT2D eigenvalue weighted by molar-refractivity contribution is 5.96. The van der Waals surface area contributed by atoms with Crippen LogP contribution >= 0.6 is 0 Å². The molecule has 2 saturated carbocycles. The molecule has 1 aliphatic heterocycles. The number of amides is 1. The van der Waals surface area contributed by atoms with Crippen LogP contribution in [0, 0.1) is 16.7 Å². The molecule has 3 fully saturated rings. The van der Waals surface area contributed by atoms with Gasteiger partial charge in [-0.3, -0.25) is 19.2 Å². The van der Waals surface area contributed by atoms with Crippen molar-refractivity contribution in [3.63, 3.8) is 0 Å². The van der Waals surface area contributed by atoms with Crippen LogP contribution in [-0.4, -0.2) is 105 Å². The largest absolute Gasteiger partial charge is 0.456 e. The normalized spacial score (nSPS) is 31.9. The van der Waals surface area contributed by atoms with E-state index >= 15 is 4.79 Å². The van der Waals surface area contributed by atoms with Crippen molar-refractivity contribution < 1.29 is 67.8 Å². The van der Waals surface area contributed by atoms with E-state index in [-0.39, 0.29) is 35.3 Å². The molecule has 1 saturated heterocycles. The van der Waals surface area contributed by atoms with E-state index in [1.165, 1.54) is 26.0 Å². The SMILES string of the molecule is CC(=O)O[C@@H]1C(=O)[C@]2(C)C([C@@H](OC(=O)c3ccccc3)[C@@]3(O)C[C@@H](OC(=O)[C@@H](O)[C@H](NC(=O)c4ccccc4)c4ccccc4)C(C)=C1C3(C)C)[C@@]1(OC(C)=O)CO[C@H]1C[C@H]2O. The smallest absolute Gasteiger partial charge is 0.338 e. The molecule has 4 aliphatic rings. The van der Waals surface area contributed by atoms with Crippen molar-refractivity contribution in [2.24, 2.45) is 16.7 Å². The Hall–Kier alpha value is -5.74. The second kappa shape index (κ2) is 16.5. The molecule has 0 aromatic heterocycles. The summed E-state index contributed by atoms with van der Waals surface area (Å²) in [6.07, 6.45) is -10.5. The molecular weight excluding hydrogens is 803 g/mol. The number of aliphatic hydroxyl groups excluding tert-OH is 2. The summed E-state index contributed by atoms with van der Waals surface area (Å²) in [4.78, 5) is 83.5. The number of hydrogen-bond donors (Lipinski definition) is 4. The first-order valence-electron chi connectivity index (χ1n) is 20.5. The molecule has 15 heteroatoms. The highest BCUT2D eigenvalue weighted by Gasteiger charge is 2.78. The molecule has 62 heavy (non-hydrogen) atoms. The molecule has 1 amide bonds. The predicted octanol–water partition coefficient (Wildman–Crippen LogP) is 3.74. The van der Waals surface area contributed by atoms with Gasteiger partial charge < -0.3 is 44.3 Å². The molecule has 15 nitrogen and oxygen atoms in total. The third-order valence-corrected chi connectivity index (χ3v) is 13.5. The van der Waals surface area contributed by atoms with Gasteiger partial charge in [0.1, 0.15) is 23.9 Å². The maximum absolute atomic E-state index is 15.5. The summed E-state index contributed by atoms with van der Waals surface area (Å²) in [7, 11) is 0. The molecule has 11 atom stereocenters. The van der Waals surface area contributed by atoms with Gasteiger partial charge in [0, 0.05) is 37.7 Å². The van der Waals surface area contributed by atoms with Gasteiger partial charge in [-0.1, -0.05) is 80.6 Å². The number of ether oxygens (including phenoxy) is 5. The van der Waals surface area contributed by atoms with E-state index in [0.717, 1.165) is 13.8 Å². The van der Waals surface area contributed by atoms with Gasteiger partial charge in [0.25, 0.3) is 5.91 Å². The minimum absolute atomic E-state index is 0.00289. The Labute approximate surface area is 358 Å². The first-order valence-corrected chi connectivity index (χ1v) is 20.5. The Kier molecular flexibility index (Phi) is 11.8. The Morgan fingerprint density at radius 1 is 0.823 bits per heavy atom. The fourth-order valence-electron chi connectivity index (χ4n) is 10.2. The van der Waals surface area contributed by atoms with E-state index in [4.69, 9.17) is 23.7 Å². The minimum atomic E-state index is -2.39. The molecule has 4 N–H and O–H groups in total. The van der Waals surface area contributed by atoms with Gasteiger partial charge in [-0.05, 0) is 54.8 Å². The number of carbonyl (C=O) groups excluding carboxylic acids is 6. The van der Waals surface area contributed by atoms with Gasteiger partial charge in [0.2, 0.25) is 0 Å². The van der Waals surface area contributed by atoms with Crippen LogP contribution in [0.15, 0.2) is 102 Å². The van der Waals surface area contributed by atoms with Crippen LogP contribution in [0.3, 0.4) is 0 Å². The van der Waals surface area contributed by atoms with Crippen molar-refractivity contribution >= 4 is 35.6 Å². The van der Waals surface area contributed by atoms with Crippen LogP contribution in [0.25, 0.3) is 0 Å². The van der Waals surface area contributed by atoms with Gasteiger partial charge in [-0.15, -0.1) is 0 Å². The zero-order chi connectivity index (χ0) is 44.9. The van der Waals surface area contributed by atoms with Gasteiger partial charge in [-0.2, -0.15) is 0 Å². The summed E-state index contributed by atoms with van der Waals surface area (Å²) in [5, 5.41) is 40.2. The first kappa shape index (κ1) is 44.3. The maximum atomic E-state index is 15.5. The quantitative estimate of drug-likeness (QED) is 0.130. The highest BCUT2D eigenvalue weighted by Crippen LogP contribution is 2.64. The van der Waals surface area contributed by atoms with Gasteiger partial charge in [0.05, 0.1) is 35.6 Å². The van der Waals surface area contributed by atoms with Crippen molar-refractivity contribution in [1.82, 2.24) is 5.32 Å². The summed E-state index contributed by atoms with van der Waals surface area (Å²) in [5.41, 5.74) is -7.02. The summed E-state index contributed by atoms with van der Waals surface area (Å²) in [6, 6.07) is 22.9. The molecule has 1 heterocycles. The van der Waals surface area contributed by atoms with E-state index in [1.54, 1.807) is 92.7 Å². The van der Waals surface area contributed by atoms with E-state index < -0.39 is 113 Å². The number of Topliss-reactive ketones (excluding diaryl/α,β-unsaturated/α-hetero) is 1. The summed E-state index contributed by atoms with van der Waals surface area (Å²) in [6.45, 7) is 7.97. The zero-order valence-corrected chi connectivity index (χ0v) is 35.2. The number of carbonyl (C=O) groups is 6. The first-order chi connectivity index (χ1) is 29.3. The van der Waals surface area contributed by atoms with Crippen molar-refractivity contribution in [2.75, 3.05) is 6.61 Å². The maximum Gasteiger partial charge on any atom is 0.338 e. The summed E-state index contributed by atoms with van der Waals surface area (Å²) < 4.78 is 30.3. The fraction of sp³-hybridized carbons (Fsp3) is 0.447. The monoisotopic (exact) mass is 853 g/mol. The number of fused-ring (bicyclic) bond motifs is 5. The molecule has 2 bridgehead atoms. The van der Waals surface area contributed by atoms with Crippen LogP contribution in [0.5, 0.6) is 0 Å². The second-order valence-corrected chi connectivity index (χ2v) is 17.4. The Bertz CT molecular complexity index is 2280. The molecule has 3 aliphatic carbocycles. The van der Waals surface area contributed by atoms with Crippen molar-refractivity contribution in [1.29, 1.82) is 0 Å². The topological polar surface area (TPSA) is 221 Å². The number of nitrogens with one attached hydrogen (secondary N) is 1. The molecule has 0 spiro atoms. The number of rotatable bonds is 10. The third-order valence-electron chi connectivity index (χ3n) is 13.5. The number of ketones is 1. The Morgan fingerprint density at radius 3 is 1.95 bits per heavy atom. The van der Waals surface area contributed by atoms with Gasteiger partial charge >= 0.3 is 23.9 Å². The lowest BCUT2D eigenvalue weighted by molar-refractivity contribution is -0.346. The Balaban J connectivity index is 1.39. The Morgan fingerprint density at radius 2 is 1.40 bits per heavy atom. The van der Waals surface area contributed by atoms with Crippen LogP contribution in [0.1, 0.15) is 86.7 Å². The lowest BCUT2D eigenvalue weighted by atomic mass is 9.44. The number of aliphatic hydroxyl groups is 3. The number of benzene rings is 3. The van der Waals surface area contributed by atoms with Gasteiger partial charge in [0.15, 0.2) is 23.6 Å². The van der Waals surface area contributed by atoms with Crippen molar-refractivity contribution in [3.8, 4) is 0 Å². The van der Waals surface area contributed by atoms with E-state index in [9.17, 15) is 39.3 Å². The molecular formula is C47H51NO14. The van der Waals surface area contributed by atoms with E-state index in [1.807, 2.05) is 0 Å². The number of hydrogen-bond acceptors (Lipinski definition) is 14. The van der Waals surface area contributed by atoms with Crippen LogP contribution in [0.4, 0.5) is 0 Å². The van der Waals surface area contributed by atoms with Crippen molar-refractivity contribution in [3.05, 3.63) is 119 Å². The average Bonchev–Trinajstić information content (AvgIpc) is 3.24. The minimum Gasteiger partial charge on any atom is -0.456 e. The number of esters is 4. The summed E-state index contributed by atoms with van der Waals surface area (Å²) >= 11 is 0. The van der Waals surface area contributed by atoms with Crippen molar-refractivity contribution in [2.45, 2.75) is 108 Å². The summed E-state index contributed by atoms with van der Waals surface area (Å²) in [5.74, 6) is -6.84. The predicted molar refractivity (Wildman–Crippen MR) is 218 cm³/mol. The molecule has 3 aromatic carbocycles. The highest BCUT2D eigenvalue weighted by atomic mass is 16.6. The molecule has 7 rings (SSSR count). The van der Waals surface area contributed by atoms with Gasteiger partial charge in [-0.25, -0.2) is 9.59 Å². The molecule has 0 radical (unpaired) electrons. The standard InChI is InChI=1S/C47H51NO14/c1-25-31(60-43(56)36(52)35(28-16-10-7-11-17-28)48-41(54)29-18-12-8-13-19-29)23-47(57)40(61-42(55)30-20-14-9-15-21-30)38-45(6,32(51)22-33-46(38,24-58-33)62-27(3)50)39(53)37(59-26(2)49)34(25)44(47,4)5/h7-21,31-33,35-38,40,51-52,57H,22-24H2,1-6H3,(H,48,54)/t31-,32-,33+,35-,36+,37+,38?,40-,45+,46-,47+/m1/s1. The van der Waals surface area contributed by atoms with Crippen LogP contribution in [0.2, 0.25) is 0 Å². The third kappa shape index (κ3) is 7.29. The average molecular weight is 854 g/mol. The van der Waals surface area contributed by atoms with E-state index in [2.05, 4.69) is 5.32 Å². The van der Waals surface area contributed by atoms with Crippen LogP contribution < -0.4 is 5.32 Å². The lowest BCUT2D eigenvalue weighted by Gasteiger charge is -2.67. The lowest BCUT2D eigenvalue weighted by Crippen LogP contribution is -2.82. The van der Waals surface area contributed by atoms with Crippen LogP contribution in [-0.2, 0) is 42.9 Å². The molecule has 328 valence electrons. The zero-order valence-electron chi connectivity index (χ0n) is 35.2. The second-order valence-electron chi connectivity index (χ2n) is 17.4. The van der Waals surface area contributed by atoms with E-state index in [0.29, 0.717) is 5.56 Å². The fourth-order valence-corrected chi connectivity index (χ4v) is 10.2.